The van der Waals surface area contributed by atoms with Gasteiger partial charge in [-0.25, -0.2) is 4.68 Å². The van der Waals surface area contributed by atoms with Gasteiger partial charge in [0.05, 0.1) is 11.9 Å². The molecule has 3 rings (SSSR count). The summed E-state index contributed by atoms with van der Waals surface area (Å²) in [7, 11) is 1.87. The Morgan fingerprint density at radius 2 is 1.96 bits per heavy atom. The van der Waals surface area contributed by atoms with Gasteiger partial charge in [-0.2, -0.15) is 10.2 Å². The number of nitrogens with zero attached hydrogens (tertiary/aromatic N) is 5. The van der Waals surface area contributed by atoms with E-state index in [0.29, 0.717) is 12.2 Å². The zero-order valence-electron chi connectivity index (χ0n) is 14.1. The molecule has 0 unspecified atom stereocenters. The van der Waals surface area contributed by atoms with Crippen molar-refractivity contribution in [3.63, 3.8) is 0 Å². The summed E-state index contributed by atoms with van der Waals surface area (Å²) in [5, 5.41) is 8.60. The van der Waals surface area contributed by atoms with E-state index in [1.165, 1.54) is 0 Å². The van der Waals surface area contributed by atoms with Crippen LogP contribution < -0.4 is 0 Å². The minimum atomic E-state index is -0.0801. The zero-order valence-corrected chi connectivity index (χ0v) is 14.1. The predicted molar refractivity (Wildman–Crippen MR) is 91.8 cm³/mol. The van der Waals surface area contributed by atoms with Crippen LogP contribution in [0.4, 0.5) is 0 Å². The summed E-state index contributed by atoms with van der Waals surface area (Å²) < 4.78 is 3.46. The number of para-hydroxylation sites is 1. The molecule has 0 radical (unpaired) electrons. The maximum absolute atomic E-state index is 12.9. The molecule has 0 fully saturated rings. The van der Waals surface area contributed by atoms with Crippen molar-refractivity contribution in [1.29, 1.82) is 0 Å². The van der Waals surface area contributed by atoms with Crippen LogP contribution in [0, 0.1) is 0 Å². The van der Waals surface area contributed by atoms with Crippen LogP contribution in [0.1, 0.15) is 29.9 Å². The molecule has 0 aliphatic carbocycles. The van der Waals surface area contributed by atoms with Gasteiger partial charge < -0.3 is 4.90 Å². The highest BCUT2D eigenvalue weighted by Gasteiger charge is 2.22. The van der Waals surface area contributed by atoms with Gasteiger partial charge in [0.1, 0.15) is 0 Å². The molecule has 24 heavy (non-hydrogen) atoms. The fourth-order valence-corrected chi connectivity index (χ4v) is 2.55. The van der Waals surface area contributed by atoms with E-state index in [1.807, 2.05) is 63.6 Å². The molecule has 2 aromatic heterocycles. The number of hydrogen-bond donors (Lipinski definition) is 0. The van der Waals surface area contributed by atoms with Crippen LogP contribution in [0.2, 0.25) is 0 Å². The van der Waals surface area contributed by atoms with Crippen molar-refractivity contribution in [3.8, 4) is 5.69 Å². The molecule has 0 saturated carbocycles. The Morgan fingerprint density at radius 1 is 1.21 bits per heavy atom. The van der Waals surface area contributed by atoms with E-state index >= 15 is 0 Å². The smallest absolute Gasteiger partial charge is 0.274 e. The van der Waals surface area contributed by atoms with E-state index in [2.05, 4.69) is 10.2 Å². The summed E-state index contributed by atoms with van der Waals surface area (Å²) in [6, 6.07) is 11.6. The van der Waals surface area contributed by atoms with E-state index in [4.69, 9.17) is 0 Å². The number of aromatic nitrogens is 4. The predicted octanol–water partition coefficient (Wildman–Crippen LogP) is 2.66. The first-order valence-corrected chi connectivity index (χ1v) is 7.94. The largest absolute Gasteiger partial charge is 0.330 e. The van der Waals surface area contributed by atoms with E-state index in [0.717, 1.165) is 11.3 Å². The van der Waals surface area contributed by atoms with Crippen LogP contribution >= 0.6 is 0 Å². The Bertz CT molecular complexity index is 819. The van der Waals surface area contributed by atoms with Crippen molar-refractivity contribution >= 4 is 5.91 Å². The fourth-order valence-electron chi connectivity index (χ4n) is 2.55. The molecule has 6 heteroatoms. The standard InChI is InChI=1S/C18H21N5O/c1-14(2)22(13-15-11-19-21(3)12-15)18(24)17-9-10-23(20-17)16-7-5-4-6-8-16/h4-12,14H,13H2,1-3H3. The summed E-state index contributed by atoms with van der Waals surface area (Å²) in [5.41, 5.74) is 2.37. The average Bonchev–Trinajstić information content (AvgIpc) is 3.22. The molecule has 0 aliphatic heterocycles. The summed E-state index contributed by atoms with van der Waals surface area (Å²) in [4.78, 5) is 14.7. The lowest BCUT2D eigenvalue weighted by Crippen LogP contribution is -2.36. The van der Waals surface area contributed by atoms with Gasteiger partial charge in [-0.15, -0.1) is 0 Å². The van der Waals surface area contributed by atoms with Gasteiger partial charge in [-0.1, -0.05) is 18.2 Å². The van der Waals surface area contributed by atoms with Gasteiger partial charge in [0.2, 0.25) is 0 Å². The maximum atomic E-state index is 12.9. The quantitative estimate of drug-likeness (QED) is 0.725. The Hall–Kier alpha value is -2.89. The lowest BCUT2D eigenvalue weighted by molar-refractivity contribution is 0.0683. The van der Waals surface area contributed by atoms with Crippen molar-refractivity contribution in [1.82, 2.24) is 24.5 Å². The molecule has 0 bridgehead atoms. The Labute approximate surface area is 141 Å². The third-order valence-electron chi connectivity index (χ3n) is 3.82. The third kappa shape index (κ3) is 3.37. The second kappa shape index (κ2) is 6.70. The molecule has 6 nitrogen and oxygen atoms in total. The molecular formula is C18H21N5O. The lowest BCUT2D eigenvalue weighted by Gasteiger charge is -2.25. The van der Waals surface area contributed by atoms with Crippen LogP contribution in [0.15, 0.2) is 55.0 Å². The minimum absolute atomic E-state index is 0.0691. The number of aryl methyl sites for hydroxylation is 1. The summed E-state index contributed by atoms with van der Waals surface area (Å²) in [5.74, 6) is -0.0801. The van der Waals surface area contributed by atoms with Gasteiger partial charge in [-0.3, -0.25) is 9.48 Å². The highest BCUT2D eigenvalue weighted by Crippen LogP contribution is 2.13. The summed E-state index contributed by atoms with van der Waals surface area (Å²) >= 11 is 0. The first-order chi connectivity index (χ1) is 11.5. The van der Waals surface area contributed by atoms with Crippen LogP contribution in [-0.4, -0.2) is 36.4 Å². The molecule has 3 aromatic rings. The SMILES string of the molecule is CC(C)N(Cc1cnn(C)c1)C(=O)c1ccn(-c2ccccc2)n1. The molecule has 124 valence electrons. The zero-order chi connectivity index (χ0) is 17.1. The number of benzene rings is 1. The van der Waals surface area contributed by atoms with Gasteiger partial charge in [0, 0.05) is 37.6 Å². The molecule has 0 N–H and O–H groups in total. The highest BCUT2D eigenvalue weighted by atomic mass is 16.2. The monoisotopic (exact) mass is 323 g/mol. The Morgan fingerprint density at radius 3 is 2.58 bits per heavy atom. The van der Waals surface area contributed by atoms with E-state index in [9.17, 15) is 4.79 Å². The van der Waals surface area contributed by atoms with Gasteiger partial charge in [0.15, 0.2) is 5.69 Å². The number of rotatable bonds is 5. The molecule has 1 aromatic carbocycles. The Balaban J connectivity index is 1.82. The highest BCUT2D eigenvalue weighted by molar-refractivity contribution is 5.92. The minimum Gasteiger partial charge on any atom is -0.330 e. The molecule has 0 aliphatic rings. The average molecular weight is 323 g/mol. The summed E-state index contributed by atoms with van der Waals surface area (Å²) in [6.07, 6.45) is 5.52. The van der Waals surface area contributed by atoms with E-state index in [-0.39, 0.29) is 11.9 Å². The lowest BCUT2D eigenvalue weighted by atomic mass is 10.2. The number of hydrogen-bond acceptors (Lipinski definition) is 3. The van der Waals surface area contributed by atoms with Crippen molar-refractivity contribution in [3.05, 3.63) is 66.2 Å². The fraction of sp³-hybridized carbons (Fsp3) is 0.278. The molecule has 0 saturated heterocycles. The number of amides is 1. The van der Waals surface area contributed by atoms with Crippen LogP contribution in [0.25, 0.3) is 5.69 Å². The Kier molecular flexibility index (Phi) is 4.46. The van der Waals surface area contributed by atoms with Gasteiger partial charge in [0.25, 0.3) is 5.91 Å². The molecule has 2 heterocycles. The molecule has 1 amide bonds. The van der Waals surface area contributed by atoms with Crippen LogP contribution in [-0.2, 0) is 13.6 Å². The topological polar surface area (TPSA) is 56.0 Å². The van der Waals surface area contributed by atoms with Crippen molar-refractivity contribution in [2.45, 2.75) is 26.4 Å². The first-order valence-electron chi connectivity index (χ1n) is 7.94. The van der Waals surface area contributed by atoms with Crippen LogP contribution in [0.5, 0.6) is 0 Å². The molecule has 0 spiro atoms. The normalized spacial score (nSPS) is 11.0. The van der Waals surface area contributed by atoms with E-state index in [1.54, 1.807) is 26.5 Å². The maximum Gasteiger partial charge on any atom is 0.274 e. The number of carbonyl (C=O) groups is 1. The first kappa shape index (κ1) is 16.0. The van der Waals surface area contributed by atoms with Crippen molar-refractivity contribution in [2.24, 2.45) is 7.05 Å². The van der Waals surface area contributed by atoms with Crippen molar-refractivity contribution in [2.75, 3.05) is 0 Å². The molecule has 0 atom stereocenters. The second-order valence-corrected chi connectivity index (χ2v) is 6.03. The van der Waals surface area contributed by atoms with Crippen LogP contribution in [0.3, 0.4) is 0 Å². The van der Waals surface area contributed by atoms with E-state index < -0.39 is 0 Å². The molecular weight excluding hydrogens is 302 g/mol. The van der Waals surface area contributed by atoms with Crippen molar-refractivity contribution < 1.29 is 4.79 Å². The number of carbonyl (C=O) groups excluding carboxylic acids is 1. The van der Waals surface area contributed by atoms with Gasteiger partial charge >= 0.3 is 0 Å². The third-order valence-corrected chi connectivity index (χ3v) is 3.82. The summed E-state index contributed by atoms with van der Waals surface area (Å²) in [6.45, 7) is 4.52. The van der Waals surface area contributed by atoms with Gasteiger partial charge in [-0.05, 0) is 32.0 Å². The second-order valence-electron chi connectivity index (χ2n) is 6.03.